The van der Waals surface area contributed by atoms with Gasteiger partial charge in [0.1, 0.15) is 36.3 Å². The van der Waals surface area contributed by atoms with Crippen LogP contribution in [-0.2, 0) is 50.7 Å². The van der Waals surface area contributed by atoms with E-state index in [2.05, 4.69) is 41.3 Å². The minimum Gasteiger partial charge on any atom is -0.393 e. The monoisotopic (exact) mass is 1020 g/mol. The van der Waals surface area contributed by atoms with E-state index >= 15 is 0 Å². The summed E-state index contributed by atoms with van der Waals surface area (Å²) in [5.41, 5.74) is 4.27. The van der Waals surface area contributed by atoms with Crippen molar-refractivity contribution in [2.24, 2.45) is 5.41 Å². The molecular formula is C37H66N7O18P3S. The molecule has 0 bridgehead atoms. The minimum atomic E-state index is -5.58. The van der Waals surface area contributed by atoms with Gasteiger partial charge in [0.25, 0.3) is 0 Å². The maximum atomic E-state index is 12.7. The molecule has 1 fully saturated rings. The van der Waals surface area contributed by atoms with Crippen molar-refractivity contribution in [2.45, 2.75) is 147 Å². The first-order valence-electron chi connectivity index (χ1n) is 21.7. The molecule has 0 aliphatic carbocycles. The Labute approximate surface area is 387 Å². The maximum absolute atomic E-state index is 12.7. The van der Waals surface area contributed by atoms with Crippen LogP contribution < -0.4 is 16.4 Å². The van der Waals surface area contributed by atoms with Crippen LogP contribution >= 0.6 is 35.2 Å². The average Bonchev–Trinajstić information content (AvgIpc) is 3.79. The van der Waals surface area contributed by atoms with E-state index in [4.69, 9.17) is 19.5 Å². The Balaban J connectivity index is 1.32. The third-order valence-electron chi connectivity index (χ3n) is 10.3. The second-order valence-corrected chi connectivity index (χ2v) is 21.8. The molecule has 8 unspecified atom stereocenters. The van der Waals surface area contributed by atoms with Gasteiger partial charge in [-0.05, 0) is 19.3 Å². The number of phosphoric ester groups is 3. The predicted octanol–water partition coefficient (Wildman–Crippen LogP) is 3.12. The van der Waals surface area contributed by atoms with E-state index in [1.165, 1.54) is 33.1 Å². The van der Waals surface area contributed by atoms with E-state index in [0.29, 0.717) is 12.2 Å². The molecule has 1 saturated heterocycles. The molecule has 25 nitrogen and oxygen atoms in total. The smallest absolute Gasteiger partial charge is 0.393 e. The quantitative estimate of drug-likeness (QED) is 0.0362. The summed E-state index contributed by atoms with van der Waals surface area (Å²) in [6.07, 6.45) is 5.90. The highest BCUT2D eigenvalue weighted by Crippen LogP contribution is 2.61. The number of nitrogen functional groups attached to an aromatic ring is 1. The van der Waals surface area contributed by atoms with Gasteiger partial charge in [0, 0.05) is 37.1 Å². The number of amides is 2. The first-order chi connectivity index (χ1) is 30.9. The summed E-state index contributed by atoms with van der Waals surface area (Å²) in [4.78, 5) is 88.3. The topological polar surface area (TPSA) is 384 Å². The fourth-order valence-electron chi connectivity index (χ4n) is 6.73. The molecule has 66 heavy (non-hydrogen) atoms. The number of nitrogens with zero attached hydrogens (tertiary/aromatic N) is 4. The summed E-state index contributed by atoms with van der Waals surface area (Å²) in [6, 6.07) is 0. The number of hydrogen-bond donors (Lipinski definition) is 10. The summed E-state index contributed by atoms with van der Waals surface area (Å²) in [5, 5.41) is 36.4. The number of hydrogen-bond acceptors (Lipinski definition) is 19. The van der Waals surface area contributed by atoms with Gasteiger partial charge in [0.2, 0.25) is 11.8 Å². The molecule has 2 aromatic heterocycles. The summed E-state index contributed by atoms with van der Waals surface area (Å²) in [6.45, 7) is 2.61. The number of phosphoric acid groups is 3. The Kier molecular flexibility index (Phi) is 24.2. The van der Waals surface area contributed by atoms with Crippen LogP contribution in [0.15, 0.2) is 12.7 Å². The zero-order valence-electron chi connectivity index (χ0n) is 37.3. The predicted molar refractivity (Wildman–Crippen MR) is 239 cm³/mol. The summed E-state index contributed by atoms with van der Waals surface area (Å²) < 4.78 is 62.4. The zero-order chi connectivity index (χ0) is 49.1. The highest BCUT2D eigenvalue weighted by atomic mass is 32.2. The Bertz CT molecular complexity index is 2000. The number of nitrogens with two attached hydrogens (primary N) is 1. The van der Waals surface area contributed by atoms with E-state index in [-0.39, 0.29) is 47.7 Å². The lowest BCUT2D eigenvalue weighted by Gasteiger charge is -2.30. The Morgan fingerprint density at radius 2 is 1.53 bits per heavy atom. The number of nitrogens with one attached hydrogen (secondary N) is 2. The molecule has 29 heteroatoms. The van der Waals surface area contributed by atoms with Crippen LogP contribution in [-0.4, -0.2) is 134 Å². The van der Waals surface area contributed by atoms with Gasteiger partial charge in [-0.2, -0.15) is 4.31 Å². The van der Waals surface area contributed by atoms with Crippen molar-refractivity contribution in [1.29, 1.82) is 0 Å². The lowest BCUT2D eigenvalue weighted by Crippen LogP contribution is -2.46. The number of carbonyl (C=O) groups is 3. The molecule has 0 saturated carbocycles. The van der Waals surface area contributed by atoms with Gasteiger partial charge in [-0.1, -0.05) is 90.3 Å². The van der Waals surface area contributed by atoms with Gasteiger partial charge in [-0.25, -0.2) is 28.6 Å². The number of anilines is 1. The van der Waals surface area contributed by atoms with Gasteiger partial charge < -0.3 is 56.0 Å². The van der Waals surface area contributed by atoms with Crippen molar-refractivity contribution >= 4 is 69.1 Å². The molecule has 1 aliphatic heterocycles. The number of fused-ring (bicyclic) bond motifs is 1. The van der Waals surface area contributed by atoms with Crippen LogP contribution in [0.3, 0.4) is 0 Å². The number of unbranched alkanes of at least 4 members (excludes halogenated alkanes) is 8. The van der Waals surface area contributed by atoms with Crippen LogP contribution in [0.2, 0.25) is 0 Å². The maximum Gasteiger partial charge on any atom is 0.481 e. The Morgan fingerprint density at radius 1 is 0.894 bits per heavy atom. The van der Waals surface area contributed by atoms with Crippen LogP contribution in [0.5, 0.6) is 0 Å². The molecule has 11 N–H and O–H groups in total. The van der Waals surface area contributed by atoms with Gasteiger partial charge in [0.15, 0.2) is 22.8 Å². The van der Waals surface area contributed by atoms with E-state index in [0.717, 1.165) is 86.8 Å². The summed E-state index contributed by atoms with van der Waals surface area (Å²) >= 11 is 1.14. The molecule has 2 aromatic rings. The number of thioether (sulfide) groups is 1. The summed E-state index contributed by atoms with van der Waals surface area (Å²) in [5.74, 6) is -1.06. The van der Waals surface area contributed by atoms with Gasteiger partial charge in [-0.3, -0.25) is 32.5 Å². The fourth-order valence-corrected chi connectivity index (χ4v) is 10.3. The Morgan fingerprint density at radius 3 is 2.18 bits per heavy atom. The van der Waals surface area contributed by atoms with Crippen LogP contribution in [0.1, 0.15) is 117 Å². The minimum absolute atomic E-state index is 0.0307. The third-order valence-corrected chi connectivity index (χ3v) is 14.3. The second kappa shape index (κ2) is 27.6. The van der Waals surface area contributed by atoms with E-state index in [1.54, 1.807) is 0 Å². The molecule has 0 spiro atoms. The SMILES string of the molecule is CCCC(O)CCCCCCCCCCCC(=O)SCCNC(=O)CCNC(=O)C(O)C(C)(C)COP(=O)(O)OP(=O)(O)OCC1OC(n2cnc3c(N)ncnc32)C(O)C1OP(=O)(O)O. The number of rotatable bonds is 33. The molecule has 2 amide bonds. The van der Waals surface area contributed by atoms with Crippen molar-refractivity contribution in [1.82, 2.24) is 30.2 Å². The number of carbonyl (C=O) groups excluding carboxylic acids is 3. The normalized spacial score (nSPS) is 20.7. The van der Waals surface area contributed by atoms with E-state index in [1.807, 2.05) is 0 Å². The standard InChI is InChI=1S/C37H66N7O18P3S/c1-4-14-25(45)15-12-10-8-6-5-7-9-11-13-16-28(47)66-20-19-39-27(46)17-18-40-35(50)32(49)37(2,3)22-59-65(56,57)62-64(54,55)58-21-26-31(61-63(51,52)53)30(48)36(60-26)44-24-43-29-33(38)41-23-42-34(29)44/h23-26,30-32,36,45,48-49H,4-22H2,1-3H3,(H,39,46)(H,40,50)(H,54,55)(H,56,57)(H2,38,41,42)(H2,51,52,53). The zero-order valence-corrected chi connectivity index (χ0v) is 40.8. The number of ether oxygens (including phenoxy) is 1. The van der Waals surface area contributed by atoms with E-state index < -0.39 is 84.6 Å². The molecule has 3 rings (SSSR count). The van der Waals surface area contributed by atoms with Crippen molar-refractivity contribution in [3.63, 3.8) is 0 Å². The van der Waals surface area contributed by atoms with Gasteiger partial charge >= 0.3 is 23.5 Å². The second-order valence-electron chi connectivity index (χ2n) is 16.5. The van der Waals surface area contributed by atoms with Crippen molar-refractivity contribution < 1.29 is 85.6 Å². The van der Waals surface area contributed by atoms with Gasteiger partial charge in [0.05, 0.1) is 25.6 Å². The molecule has 8 atom stereocenters. The average molecular weight is 1020 g/mol. The van der Waals surface area contributed by atoms with Crippen LogP contribution in [0, 0.1) is 5.41 Å². The first kappa shape index (κ1) is 57.8. The van der Waals surface area contributed by atoms with Crippen molar-refractivity contribution in [3.8, 4) is 0 Å². The van der Waals surface area contributed by atoms with Crippen LogP contribution in [0.25, 0.3) is 11.2 Å². The number of aliphatic hydroxyl groups excluding tert-OH is 3. The molecule has 1 aliphatic rings. The number of aromatic nitrogens is 4. The van der Waals surface area contributed by atoms with E-state index in [9.17, 15) is 63.0 Å². The van der Waals surface area contributed by atoms with Crippen molar-refractivity contribution in [2.75, 3.05) is 37.8 Å². The summed E-state index contributed by atoms with van der Waals surface area (Å²) in [7, 11) is -16.4. The highest BCUT2D eigenvalue weighted by molar-refractivity contribution is 8.13. The molecule has 0 radical (unpaired) electrons. The number of aliphatic hydroxyl groups is 3. The molecule has 378 valence electrons. The third kappa shape index (κ3) is 20.6. The highest BCUT2D eigenvalue weighted by Gasteiger charge is 2.50. The molecule has 3 heterocycles. The van der Waals surface area contributed by atoms with Crippen LogP contribution in [0.4, 0.5) is 5.82 Å². The lowest BCUT2D eigenvalue weighted by atomic mass is 9.87. The fraction of sp³-hybridized carbons (Fsp3) is 0.784. The molecular weight excluding hydrogens is 955 g/mol. The number of imidazole rings is 1. The first-order valence-corrected chi connectivity index (χ1v) is 27.2. The Hall–Kier alpha value is -2.48. The van der Waals surface area contributed by atoms with Crippen molar-refractivity contribution in [3.05, 3.63) is 12.7 Å². The largest absolute Gasteiger partial charge is 0.481 e. The molecule has 0 aromatic carbocycles. The lowest BCUT2D eigenvalue weighted by molar-refractivity contribution is -0.137. The van der Waals surface area contributed by atoms with Gasteiger partial charge in [-0.15, -0.1) is 0 Å².